The van der Waals surface area contributed by atoms with Crippen molar-refractivity contribution < 1.29 is 14.2 Å². The van der Waals surface area contributed by atoms with Crippen LogP contribution in [0.25, 0.3) is 0 Å². The van der Waals surface area contributed by atoms with Gasteiger partial charge >= 0.3 is 0 Å². The zero-order chi connectivity index (χ0) is 13.7. The van der Waals surface area contributed by atoms with Gasteiger partial charge in [-0.3, -0.25) is 0 Å². The van der Waals surface area contributed by atoms with Crippen LogP contribution in [0.15, 0.2) is 18.2 Å². The molecule has 1 atom stereocenters. The first-order valence-corrected chi connectivity index (χ1v) is 6.53. The van der Waals surface area contributed by atoms with Crippen LogP contribution in [-0.4, -0.2) is 51.5 Å². The third kappa shape index (κ3) is 3.83. The topological polar surface area (TPSA) is 57.0 Å². The molecule has 0 amide bonds. The average Bonchev–Trinajstić information content (AvgIpc) is 2.45. The van der Waals surface area contributed by atoms with Crippen molar-refractivity contribution in [3.8, 4) is 11.5 Å². The molecule has 0 saturated carbocycles. The Morgan fingerprint density at radius 3 is 2.95 bits per heavy atom. The van der Waals surface area contributed by atoms with Crippen LogP contribution in [0.3, 0.4) is 0 Å². The summed E-state index contributed by atoms with van der Waals surface area (Å²) in [6, 6.07) is 5.75. The zero-order valence-corrected chi connectivity index (χ0v) is 11.6. The standard InChI is InChI=1S/C14H22N2O3/c1-16-5-6-18-12(9-16)10-19-13-4-3-11(8-15)7-14(13)17-2/h3-4,7,12H,5-6,8-10,15H2,1-2H3. The quantitative estimate of drug-likeness (QED) is 0.857. The second-order valence-corrected chi connectivity index (χ2v) is 4.76. The molecule has 0 spiro atoms. The number of rotatable bonds is 5. The Hall–Kier alpha value is -1.30. The smallest absolute Gasteiger partial charge is 0.161 e. The van der Waals surface area contributed by atoms with Crippen LogP contribution < -0.4 is 15.2 Å². The molecule has 1 aliphatic heterocycles. The highest BCUT2D eigenvalue weighted by Crippen LogP contribution is 2.28. The first-order valence-electron chi connectivity index (χ1n) is 6.53. The second-order valence-electron chi connectivity index (χ2n) is 4.76. The maximum Gasteiger partial charge on any atom is 0.161 e. The second kappa shape index (κ2) is 6.75. The van der Waals surface area contributed by atoms with Gasteiger partial charge in [-0.1, -0.05) is 6.07 Å². The molecule has 1 unspecified atom stereocenters. The Kier molecular flexibility index (Phi) is 5.01. The number of hydrogen-bond donors (Lipinski definition) is 1. The van der Waals surface area contributed by atoms with Gasteiger partial charge in [-0.15, -0.1) is 0 Å². The third-order valence-electron chi connectivity index (χ3n) is 3.23. The van der Waals surface area contributed by atoms with Crippen LogP contribution in [0.4, 0.5) is 0 Å². The Morgan fingerprint density at radius 1 is 1.42 bits per heavy atom. The molecule has 1 fully saturated rings. The van der Waals surface area contributed by atoms with E-state index < -0.39 is 0 Å². The molecule has 19 heavy (non-hydrogen) atoms. The van der Waals surface area contributed by atoms with Gasteiger partial charge in [0, 0.05) is 19.6 Å². The number of methoxy groups -OCH3 is 1. The summed E-state index contributed by atoms with van der Waals surface area (Å²) < 4.78 is 16.8. The van der Waals surface area contributed by atoms with E-state index in [1.807, 2.05) is 18.2 Å². The average molecular weight is 266 g/mol. The highest BCUT2D eigenvalue weighted by molar-refractivity contribution is 5.42. The summed E-state index contributed by atoms with van der Waals surface area (Å²) in [7, 11) is 3.72. The van der Waals surface area contributed by atoms with Crippen LogP contribution in [0.5, 0.6) is 11.5 Å². The van der Waals surface area contributed by atoms with E-state index in [1.54, 1.807) is 7.11 Å². The van der Waals surface area contributed by atoms with Crippen molar-refractivity contribution in [2.75, 3.05) is 40.5 Å². The van der Waals surface area contributed by atoms with Crippen molar-refractivity contribution >= 4 is 0 Å². The summed E-state index contributed by atoms with van der Waals surface area (Å²) in [5.41, 5.74) is 6.63. The van der Waals surface area contributed by atoms with E-state index in [2.05, 4.69) is 11.9 Å². The molecule has 1 aromatic rings. The van der Waals surface area contributed by atoms with Crippen LogP contribution in [0.1, 0.15) is 5.56 Å². The van der Waals surface area contributed by atoms with Crippen LogP contribution >= 0.6 is 0 Å². The first kappa shape index (κ1) is 14.1. The fraction of sp³-hybridized carbons (Fsp3) is 0.571. The molecule has 106 valence electrons. The van der Waals surface area contributed by atoms with E-state index in [-0.39, 0.29) is 6.10 Å². The molecule has 2 rings (SSSR count). The lowest BCUT2D eigenvalue weighted by Crippen LogP contribution is -2.42. The van der Waals surface area contributed by atoms with Gasteiger partial charge in [0.25, 0.3) is 0 Å². The maximum absolute atomic E-state index is 5.80. The zero-order valence-electron chi connectivity index (χ0n) is 11.6. The molecule has 1 aliphatic rings. The summed E-state index contributed by atoms with van der Waals surface area (Å²) in [6.45, 7) is 3.65. The summed E-state index contributed by atoms with van der Waals surface area (Å²) >= 11 is 0. The number of nitrogens with two attached hydrogens (primary N) is 1. The van der Waals surface area contributed by atoms with Gasteiger partial charge in [0.15, 0.2) is 11.5 Å². The fourth-order valence-corrected chi connectivity index (χ4v) is 2.11. The molecule has 0 bridgehead atoms. The molecule has 5 heteroatoms. The predicted octanol–water partition coefficient (Wildman–Crippen LogP) is 0.863. The van der Waals surface area contributed by atoms with Gasteiger partial charge in [0.1, 0.15) is 12.7 Å². The van der Waals surface area contributed by atoms with Gasteiger partial charge in [0.05, 0.1) is 13.7 Å². The summed E-state index contributed by atoms with van der Waals surface area (Å²) in [4.78, 5) is 2.24. The largest absolute Gasteiger partial charge is 0.493 e. The van der Waals surface area contributed by atoms with E-state index in [1.165, 1.54) is 0 Å². The minimum Gasteiger partial charge on any atom is -0.493 e. The molecular formula is C14H22N2O3. The molecule has 1 saturated heterocycles. The van der Waals surface area contributed by atoms with E-state index in [0.29, 0.717) is 18.9 Å². The van der Waals surface area contributed by atoms with Gasteiger partial charge in [-0.05, 0) is 24.7 Å². The fourth-order valence-electron chi connectivity index (χ4n) is 2.11. The Labute approximate surface area is 114 Å². The van der Waals surface area contributed by atoms with Gasteiger partial charge in [-0.2, -0.15) is 0 Å². The van der Waals surface area contributed by atoms with Gasteiger partial charge < -0.3 is 24.8 Å². The lowest BCUT2D eigenvalue weighted by Gasteiger charge is -2.30. The molecule has 2 N–H and O–H groups in total. The van der Waals surface area contributed by atoms with Crippen molar-refractivity contribution in [1.29, 1.82) is 0 Å². The first-order chi connectivity index (χ1) is 9.22. The normalized spacial score (nSPS) is 20.3. The number of benzene rings is 1. The number of hydrogen-bond acceptors (Lipinski definition) is 5. The van der Waals surface area contributed by atoms with Gasteiger partial charge in [-0.25, -0.2) is 0 Å². The maximum atomic E-state index is 5.80. The number of likely N-dealkylation sites (N-methyl/N-ethyl adjacent to an activating group) is 1. The van der Waals surface area contributed by atoms with Gasteiger partial charge in [0.2, 0.25) is 0 Å². The summed E-state index contributed by atoms with van der Waals surface area (Å²) in [5, 5.41) is 0. The van der Waals surface area contributed by atoms with E-state index in [0.717, 1.165) is 31.0 Å². The molecule has 0 aliphatic carbocycles. The minimum absolute atomic E-state index is 0.109. The number of nitrogens with zero attached hydrogens (tertiary/aromatic N) is 1. The molecule has 1 heterocycles. The van der Waals surface area contributed by atoms with E-state index in [9.17, 15) is 0 Å². The third-order valence-corrected chi connectivity index (χ3v) is 3.23. The summed E-state index contributed by atoms with van der Waals surface area (Å²) in [5.74, 6) is 1.45. The predicted molar refractivity (Wildman–Crippen MR) is 73.6 cm³/mol. The van der Waals surface area contributed by atoms with Crippen molar-refractivity contribution in [3.63, 3.8) is 0 Å². The van der Waals surface area contributed by atoms with Crippen molar-refractivity contribution in [3.05, 3.63) is 23.8 Å². The molecule has 0 radical (unpaired) electrons. The molecule has 0 aromatic heterocycles. The highest BCUT2D eigenvalue weighted by Gasteiger charge is 2.18. The van der Waals surface area contributed by atoms with Crippen LogP contribution in [-0.2, 0) is 11.3 Å². The molecule has 1 aromatic carbocycles. The van der Waals surface area contributed by atoms with E-state index in [4.69, 9.17) is 19.9 Å². The number of morpholine rings is 1. The van der Waals surface area contributed by atoms with Crippen LogP contribution in [0.2, 0.25) is 0 Å². The van der Waals surface area contributed by atoms with Crippen molar-refractivity contribution in [2.24, 2.45) is 5.73 Å². The lowest BCUT2D eigenvalue weighted by molar-refractivity contribution is -0.0406. The Balaban J connectivity index is 1.95. The Morgan fingerprint density at radius 2 is 2.26 bits per heavy atom. The van der Waals surface area contributed by atoms with E-state index >= 15 is 0 Å². The molecule has 5 nitrogen and oxygen atoms in total. The lowest BCUT2D eigenvalue weighted by atomic mass is 10.2. The summed E-state index contributed by atoms with van der Waals surface area (Å²) in [6.07, 6.45) is 0.109. The number of ether oxygens (including phenoxy) is 3. The van der Waals surface area contributed by atoms with Crippen LogP contribution in [0, 0.1) is 0 Å². The molecular weight excluding hydrogens is 244 g/mol. The highest BCUT2D eigenvalue weighted by atomic mass is 16.5. The SMILES string of the molecule is COc1cc(CN)ccc1OCC1CN(C)CCO1. The van der Waals surface area contributed by atoms with Crippen molar-refractivity contribution in [2.45, 2.75) is 12.6 Å². The van der Waals surface area contributed by atoms with Crippen molar-refractivity contribution in [1.82, 2.24) is 4.90 Å². The monoisotopic (exact) mass is 266 g/mol. The minimum atomic E-state index is 0.109. The Bertz CT molecular complexity index is 412.